The molecule has 0 fully saturated rings. The Hall–Kier alpha value is -0.670. The van der Waals surface area contributed by atoms with Crippen molar-refractivity contribution in [3.05, 3.63) is 23.3 Å². The van der Waals surface area contributed by atoms with Crippen molar-refractivity contribution in [2.45, 2.75) is 82.5 Å². The number of aliphatic hydroxyl groups excluding tert-OH is 1. The van der Waals surface area contributed by atoms with Crippen LogP contribution in [-0.4, -0.2) is 21.6 Å². The first kappa shape index (κ1) is 18.4. The van der Waals surface area contributed by atoms with Crippen LogP contribution in [0.2, 0.25) is 0 Å². The fourth-order valence-corrected chi connectivity index (χ4v) is 3.13. The number of phenols is 1. The van der Waals surface area contributed by atoms with Gasteiger partial charge in [-0.3, -0.25) is 0 Å². The van der Waals surface area contributed by atoms with Crippen molar-refractivity contribution >= 4 is 11.8 Å². The van der Waals surface area contributed by atoms with Crippen LogP contribution in [0.1, 0.15) is 66.5 Å². The molecule has 2 nitrogen and oxygen atoms in total. The molecule has 0 amide bonds. The normalized spacial score (nSPS) is 15.9. The van der Waals surface area contributed by atoms with Crippen LogP contribution < -0.4 is 0 Å². The maximum absolute atomic E-state index is 10.7. The van der Waals surface area contributed by atoms with Gasteiger partial charge in [-0.1, -0.05) is 48.5 Å². The highest BCUT2D eigenvalue weighted by atomic mass is 32.2. The standard InChI is InChI=1S/C18H30O2S/c1-11(19)12(2)21-13-9-14(17(3,4)5)16(20)15(10-13)18(6,7)8/h9-12,19-20H,1-8H3/t11-,12+/m0/s1. The van der Waals surface area contributed by atoms with Gasteiger partial charge in [0.05, 0.1) is 6.10 Å². The summed E-state index contributed by atoms with van der Waals surface area (Å²) in [5.74, 6) is 0.407. The predicted octanol–water partition coefficient (Wildman–Crippen LogP) is 4.85. The quantitative estimate of drug-likeness (QED) is 0.784. The fraction of sp³-hybridized carbons (Fsp3) is 0.667. The van der Waals surface area contributed by atoms with E-state index in [9.17, 15) is 10.2 Å². The summed E-state index contributed by atoms with van der Waals surface area (Å²) in [6.45, 7) is 16.5. The second kappa shape index (κ2) is 6.21. The number of hydrogen-bond acceptors (Lipinski definition) is 3. The van der Waals surface area contributed by atoms with Crippen molar-refractivity contribution in [3.63, 3.8) is 0 Å². The van der Waals surface area contributed by atoms with Gasteiger partial charge >= 0.3 is 0 Å². The summed E-state index contributed by atoms with van der Waals surface area (Å²) in [6.07, 6.45) is -0.361. The Kier molecular flexibility index (Phi) is 5.44. The fourth-order valence-electron chi connectivity index (χ4n) is 2.13. The number of aliphatic hydroxyl groups is 1. The van der Waals surface area contributed by atoms with Crippen LogP contribution in [0.3, 0.4) is 0 Å². The Morgan fingerprint density at radius 3 is 1.57 bits per heavy atom. The lowest BCUT2D eigenvalue weighted by Gasteiger charge is -2.28. The second-order valence-corrected chi connectivity index (χ2v) is 9.38. The molecule has 0 aliphatic carbocycles. The Morgan fingerprint density at radius 1 is 0.905 bits per heavy atom. The number of phenolic OH excluding ortho intramolecular Hbond substituents is 1. The van der Waals surface area contributed by atoms with E-state index in [1.807, 2.05) is 13.8 Å². The molecule has 0 aliphatic heterocycles. The van der Waals surface area contributed by atoms with Gasteiger partial charge in [-0.15, -0.1) is 11.8 Å². The van der Waals surface area contributed by atoms with E-state index in [2.05, 4.69) is 53.7 Å². The zero-order chi connectivity index (χ0) is 16.6. The minimum absolute atomic E-state index is 0.116. The SMILES string of the molecule is C[C@H](O)[C@@H](C)Sc1cc(C(C)(C)C)c(O)c(C(C)(C)C)c1. The molecule has 0 aromatic heterocycles. The van der Waals surface area contributed by atoms with E-state index in [0.29, 0.717) is 5.75 Å². The lowest BCUT2D eigenvalue weighted by Crippen LogP contribution is -2.18. The highest BCUT2D eigenvalue weighted by molar-refractivity contribution is 8.00. The molecule has 0 saturated carbocycles. The topological polar surface area (TPSA) is 40.5 Å². The number of hydrogen-bond donors (Lipinski definition) is 2. The number of benzene rings is 1. The van der Waals surface area contributed by atoms with Crippen LogP contribution in [-0.2, 0) is 10.8 Å². The average molecular weight is 311 g/mol. The number of thioether (sulfide) groups is 1. The molecule has 0 aliphatic rings. The summed E-state index contributed by atoms with van der Waals surface area (Å²) in [4.78, 5) is 1.11. The first-order valence-electron chi connectivity index (χ1n) is 7.56. The zero-order valence-electron chi connectivity index (χ0n) is 14.6. The van der Waals surface area contributed by atoms with E-state index in [4.69, 9.17) is 0 Å². The summed E-state index contributed by atoms with van der Waals surface area (Å²) in [5.41, 5.74) is 1.70. The lowest BCUT2D eigenvalue weighted by atomic mass is 9.79. The van der Waals surface area contributed by atoms with Gasteiger partial charge in [-0.05, 0) is 29.9 Å². The molecule has 120 valence electrons. The molecule has 0 saturated heterocycles. The lowest BCUT2D eigenvalue weighted by molar-refractivity contribution is 0.196. The van der Waals surface area contributed by atoms with E-state index in [1.165, 1.54) is 0 Å². The van der Waals surface area contributed by atoms with Crippen molar-refractivity contribution < 1.29 is 10.2 Å². The largest absolute Gasteiger partial charge is 0.507 e. The third kappa shape index (κ3) is 4.65. The highest BCUT2D eigenvalue weighted by Crippen LogP contribution is 2.42. The zero-order valence-corrected chi connectivity index (χ0v) is 15.4. The molecule has 2 N–H and O–H groups in total. The molecular formula is C18H30O2S. The molecule has 3 heteroatoms. The van der Waals surface area contributed by atoms with Gasteiger partial charge < -0.3 is 10.2 Å². The third-order valence-electron chi connectivity index (χ3n) is 3.70. The van der Waals surface area contributed by atoms with Crippen molar-refractivity contribution in [1.82, 2.24) is 0 Å². The molecule has 21 heavy (non-hydrogen) atoms. The van der Waals surface area contributed by atoms with E-state index in [1.54, 1.807) is 11.8 Å². The Labute approximate surface area is 134 Å². The summed E-state index contributed by atoms with van der Waals surface area (Å²) in [6, 6.07) is 4.13. The van der Waals surface area contributed by atoms with Crippen molar-refractivity contribution in [1.29, 1.82) is 0 Å². The van der Waals surface area contributed by atoms with Crippen LogP contribution in [0.4, 0.5) is 0 Å². The monoisotopic (exact) mass is 310 g/mol. The van der Waals surface area contributed by atoms with Crippen molar-refractivity contribution in [2.24, 2.45) is 0 Å². The number of rotatable bonds is 3. The van der Waals surface area contributed by atoms with E-state index < -0.39 is 0 Å². The van der Waals surface area contributed by atoms with Gasteiger partial charge in [0.1, 0.15) is 5.75 Å². The molecule has 1 rings (SSSR count). The van der Waals surface area contributed by atoms with Gasteiger partial charge in [-0.25, -0.2) is 0 Å². The maximum atomic E-state index is 10.7. The molecule has 1 aromatic carbocycles. The summed E-state index contributed by atoms with van der Waals surface area (Å²) in [5, 5.41) is 20.5. The van der Waals surface area contributed by atoms with Crippen LogP contribution in [0.5, 0.6) is 5.75 Å². The molecule has 0 unspecified atom stereocenters. The van der Waals surface area contributed by atoms with Crippen molar-refractivity contribution in [2.75, 3.05) is 0 Å². The Balaban J connectivity index is 3.41. The minimum Gasteiger partial charge on any atom is -0.507 e. The van der Waals surface area contributed by atoms with Gasteiger partial charge in [0.25, 0.3) is 0 Å². The first-order chi connectivity index (χ1) is 9.34. The highest BCUT2D eigenvalue weighted by Gasteiger charge is 2.27. The van der Waals surface area contributed by atoms with Gasteiger partial charge in [-0.2, -0.15) is 0 Å². The van der Waals surface area contributed by atoms with Crippen LogP contribution in [0.25, 0.3) is 0 Å². The summed E-state index contributed by atoms with van der Waals surface area (Å²) >= 11 is 1.66. The Bertz CT molecular complexity index is 458. The minimum atomic E-state index is -0.361. The van der Waals surface area contributed by atoms with Crippen molar-refractivity contribution in [3.8, 4) is 5.75 Å². The first-order valence-corrected chi connectivity index (χ1v) is 8.44. The number of aromatic hydroxyl groups is 1. The van der Waals surface area contributed by atoms with E-state index >= 15 is 0 Å². The maximum Gasteiger partial charge on any atom is 0.123 e. The van der Waals surface area contributed by atoms with Crippen LogP contribution in [0, 0.1) is 0 Å². The van der Waals surface area contributed by atoms with Gasteiger partial charge in [0.2, 0.25) is 0 Å². The average Bonchev–Trinajstić information content (AvgIpc) is 2.27. The molecule has 1 aromatic rings. The molecular weight excluding hydrogens is 280 g/mol. The Morgan fingerprint density at radius 2 is 1.29 bits per heavy atom. The second-order valence-electron chi connectivity index (χ2n) is 7.93. The third-order valence-corrected chi connectivity index (χ3v) is 4.97. The smallest absolute Gasteiger partial charge is 0.123 e. The van der Waals surface area contributed by atoms with E-state index in [-0.39, 0.29) is 22.2 Å². The van der Waals surface area contributed by atoms with Crippen LogP contribution >= 0.6 is 11.8 Å². The predicted molar refractivity (Wildman–Crippen MR) is 92.5 cm³/mol. The van der Waals surface area contributed by atoms with Gasteiger partial charge in [0.15, 0.2) is 0 Å². The molecule has 2 atom stereocenters. The van der Waals surface area contributed by atoms with Crippen LogP contribution in [0.15, 0.2) is 17.0 Å². The molecule has 0 radical (unpaired) electrons. The molecule has 0 bridgehead atoms. The van der Waals surface area contributed by atoms with Gasteiger partial charge in [0, 0.05) is 21.3 Å². The summed E-state index contributed by atoms with van der Waals surface area (Å²) in [7, 11) is 0. The van der Waals surface area contributed by atoms with E-state index in [0.717, 1.165) is 16.0 Å². The summed E-state index contributed by atoms with van der Waals surface area (Å²) < 4.78 is 0. The molecule has 0 heterocycles. The molecule has 0 spiro atoms.